The molecular weight excluding hydrogens is 283 g/mol. The van der Waals surface area contributed by atoms with E-state index in [1.54, 1.807) is 26.4 Å². The summed E-state index contributed by atoms with van der Waals surface area (Å²) in [6.07, 6.45) is 2.48. The Morgan fingerprint density at radius 2 is 2.09 bits per heavy atom. The van der Waals surface area contributed by atoms with Crippen LogP contribution in [0.2, 0.25) is 0 Å². The molecule has 116 valence electrons. The molecule has 1 aromatic heterocycles. The molecule has 0 aliphatic heterocycles. The monoisotopic (exact) mass is 302 g/mol. The summed E-state index contributed by atoms with van der Waals surface area (Å²) in [6, 6.07) is 8.54. The van der Waals surface area contributed by atoms with E-state index in [0.29, 0.717) is 30.3 Å². The van der Waals surface area contributed by atoms with Gasteiger partial charge in [-0.3, -0.25) is 0 Å². The van der Waals surface area contributed by atoms with Gasteiger partial charge in [-0.2, -0.15) is 4.39 Å². The Balaban J connectivity index is 2.23. The molecule has 0 unspecified atom stereocenters. The zero-order valence-electron chi connectivity index (χ0n) is 12.7. The Morgan fingerprint density at radius 1 is 1.27 bits per heavy atom. The lowest BCUT2D eigenvalue weighted by Crippen LogP contribution is -2.04. The van der Waals surface area contributed by atoms with Crippen molar-refractivity contribution in [3.63, 3.8) is 0 Å². The van der Waals surface area contributed by atoms with Crippen LogP contribution >= 0.6 is 0 Å². The fourth-order valence-corrected chi connectivity index (χ4v) is 2.22. The molecular formula is C17H19FN2O2. The van der Waals surface area contributed by atoms with Crippen LogP contribution in [0.25, 0.3) is 0 Å². The average Bonchev–Trinajstić information content (AvgIpc) is 2.52. The lowest BCUT2D eigenvalue weighted by atomic mass is 10.1. The van der Waals surface area contributed by atoms with Crippen LogP contribution in [-0.4, -0.2) is 19.2 Å². The summed E-state index contributed by atoms with van der Waals surface area (Å²) in [4.78, 5) is 3.77. The first-order valence-electron chi connectivity index (χ1n) is 6.89. The number of hydrogen-bond acceptors (Lipinski definition) is 4. The largest absolute Gasteiger partial charge is 0.493 e. The third-order valence-corrected chi connectivity index (χ3v) is 3.17. The minimum Gasteiger partial charge on any atom is -0.493 e. The molecule has 0 bridgehead atoms. The predicted molar refractivity (Wildman–Crippen MR) is 85.0 cm³/mol. The lowest BCUT2D eigenvalue weighted by Gasteiger charge is -2.15. The number of rotatable bonds is 7. The number of ether oxygens (including phenoxy) is 2. The maximum absolute atomic E-state index is 13.1. The second-order valence-electron chi connectivity index (χ2n) is 4.68. The fourth-order valence-electron chi connectivity index (χ4n) is 2.22. The van der Waals surface area contributed by atoms with Gasteiger partial charge in [0.15, 0.2) is 11.5 Å². The van der Waals surface area contributed by atoms with Crippen LogP contribution in [0, 0.1) is 5.95 Å². The van der Waals surface area contributed by atoms with Crippen LogP contribution < -0.4 is 14.8 Å². The minimum atomic E-state index is -0.510. The molecule has 0 aliphatic rings. The summed E-state index contributed by atoms with van der Waals surface area (Å²) in [7, 11) is 3.21. The first kappa shape index (κ1) is 15.8. The van der Waals surface area contributed by atoms with E-state index in [9.17, 15) is 4.39 Å². The van der Waals surface area contributed by atoms with Crippen molar-refractivity contribution in [2.75, 3.05) is 19.5 Å². The molecule has 0 aliphatic carbocycles. The second kappa shape index (κ2) is 7.45. The van der Waals surface area contributed by atoms with Gasteiger partial charge in [0.1, 0.15) is 5.82 Å². The number of halogens is 1. The Kier molecular flexibility index (Phi) is 5.36. The second-order valence-corrected chi connectivity index (χ2v) is 4.68. The van der Waals surface area contributed by atoms with Crippen molar-refractivity contribution in [1.29, 1.82) is 0 Å². The average molecular weight is 302 g/mol. The SMILES string of the molecule is C=CCc1cc(CNc2cccc(F)n2)cc(OC)c1OC. The summed E-state index contributed by atoms with van der Waals surface area (Å²) in [6.45, 7) is 4.26. The van der Waals surface area contributed by atoms with Crippen molar-refractivity contribution in [2.45, 2.75) is 13.0 Å². The highest BCUT2D eigenvalue weighted by molar-refractivity contribution is 5.51. The number of pyridine rings is 1. The molecule has 0 spiro atoms. The standard InChI is InChI=1S/C17H19FN2O2/c1-4-6-13-9-12(10-14(21-2)17(13)22-3)11-19-16-8-5-7-15(18)20-16/h4-5,7-10H,1,6,11H2,2-3H3,(H,19,20). The zero-order chi connectivity index (χ0) is 15.9. The molecule has 2 rings (SSSR count). The molecule has 1 heterocycles. The lowest BCUT2D eigenvalue weighted by molar-refractivity contribution is 0.352. The Morgan fingerprint density at radius 3 is 2.73 bits per heavy atom. The van der Waals surface area contributed by atoms with Gasteiger partial charge in [0, 0.05) is 12.1 Å². The van der Waals surface area contributed by atoms with E-state index in [4.69, 9.17) is 9.47 Å². The van der Waals surface area contributed by atoms with E-state index >= 15 is 0 Å². The molecule has 1 N–H and O–H groups in total. The van der Waals surface area contributed by atoms with Crippen LogP contribution in [0.4, 0.5) is 10.2 Å². The molecule has 22 heavy (non-hydrogen) atoms. The smallest absolute Gasteiger partial charge is 0.214 e. The first-order valence-corrected chi connectivity index (χ1v) is 6.89. The van der Waals surface area contributed by atoms with Gasteiger partial charge in [0.2, 0.25) is 5.95 Å². The molecule has 0 amide bonds. The third kappa shape index (κ3) is 3.75. The van der Waals surface area contributed by atoms with E-state index in [0.717, 1.165) is 11.1 Å². The van der Waals surface area contributed by atoms with Crippen LogP contribution in [-0.2, 0) is 13.0 Å². The molecule has 0 radical (unpaired) electrons. The van der Waals surface area contributed by atoms with Gasteiger partial charge in [0.05, 0.1) is 14.2 Å². The number of nitrogens with one attached hydrogen (secondary N) is 1. The highest BCUT2D eigenvalue weighted by atomic mass is 19.1. The Hall–Kier alpha value is -2.56. The predicted octanol–water partition coefficient (Wildman–Crippen LogP) is 3.58. The molecule has 0 fully saturated rings. The molecule has 0 saturated heterocycles. The summed E-state index contributed by atoms with van der Waals surface area (Å²) >= 11 is 0. The van der Waals surface area contributed by atoms with Crippen molar-refractivity contribution in [2.24, 2.45) is 0 Å². The van der Waals surface area contributed by atoms with Gasteiger partial charge in [-0.25, -0.2) is 4.98 Å². The number of methoxy groups -OCH3 is 2. The van der Waals surface area contributed by atoms with E-state index in [1.807, 2.05) is 18.2 Å². The number of nitrogens with zero attached hydrogens (tertiary/aromatic N) is 1. The van der Waals surface area contributed by atoms with Gasteiger partial charge in [0.25, 0.3) is 0 Å². The van der Waals surface area contributed by atoms with Crippen molar-refractivity contribution in [3.8, 4) is 11.5 Å². The number of allylic oxidation sites excluding steroid dienone is 1. The number of hydrogen-bond donors (Lipinski definition) is 1. The van der Waals surface area contributed by atoms with Gasteiger partial charge in [-0.1, -0.05) is 12.1 Å². The van der Waals surface area contributed by atoms with Gasteiger partial charge in [-0.15, -0.1) is 6.58 Å². The maximum atomic E-state index is 13.1. The number of aromatic nitrogens is 1. The van der Waals surface area contributed by atoms with Crippen LogP contribution in [0.3, 0.4) is 0 Å². The van der Waals surface area contributed by atoms with E-state index < -0.39 is 5.95 Å². The summed E-state index contributed by atoms with van der Waals surface area (Å²) < 4.78 is 23.8. The third-order valence-electron chi connectivity index (χ3n) is 3.17. The molecule has 2 aromatic rings. The summed E-state index contributed by atoms with van der Waals surface area (Å²) in [5, 5.41) is 3.09. The van der Waals surface area contributed by atoms with Gasteiger partial charge in [-0.05, 0) is 36.2 Å². The Labute approximate surface area is 129 Å². The van der Waals surface area contributed by atoms with Crippen LogP contribution in [0.5, 0.6) is 11.5 Å². The number of benzene rings is 1. The molecule has 4 nitrogen and oxygen atoms in total. The van der Waals surface area contributed by atoms with Crippen molar-refractivity contribution in [3.05, 3.63) is 60.1 Å². The van der Waals surface area contributed by atoms with Gasteiger partial charge >= 0.3 is 0 Å². The van der Waals surface area contributed by atoms with Crippen molar-refractivity contribution < 1.29 is 13.9 Å². The van der Waals surface area contributed by atoms with Gasteiger partial charge < -0.3 is 14.8 Å². The highest BCUT2D eigenvalue weighted by Crippen LogP contribution is 2.33. The van der Waals surface area contributed by atoms with Crippen LogP contribution in [0.15, 0.2) is 43.0 Å². The zero-order valence-corrected chi connectivity index (χ0v) is 12.7. The normalized spacial score (nSPS) is 10.1. The Bertz CT molecular complexity index is 659. The van der Waals surface area contributed by atoms with Crippen LogP contribution in [0.1, 0.15) is 11.1 Å². The fraction of sp³-hybridized carbons (Fsp3) is 0.235. The van der Waals surface area contributed by atoms with Crippen molar-refractivity contribution in [1.82, 2.24) is 4.98 Å². The molecule has 1 aromatic carbocycles. The van der Waals surface area contributed by atoms with E-state index in [2.05, 4.69) is 16.9 Å². The molecule has 0 saturated carbocycles. The van der Waals surface area contributed by atoms with E-state index in [-0.39, 0.29) is 0 Å². The molecule has 0 atom stereocenters. The highest BCUT2D eigenvalue weighted by Gasteiger charge is 2.11. The number of anilines is 1. The maximum Gasteiger partial charge on any atom is 0.214 e. The summed E-state index contributed by atoms with van der Waals surface area (Å²) in [5.74, 6) is 1.34. The summed E-state index contributed by atoms with van der Waals surface area (Å²) in [5.41, 5.74) is 1.97. The minimum absolute atomic E-state index is 0.486. The first-order chi connectivity index (χ1) is 10.7. The van der Waals surface area contributed by atoms with E-state index in [1.165, 1.54) is 6.07 Å². The topological polar surface area (TPSA) is 43.4 Å². The quantitative estimate of drug-likeness (QED) is 0.627. The van der Waals surface area contributed by atoms with Crippen molar-refractivity contribution >= 4 is 5.82 Å². The molecule has 5 heteroatoms.